The molecule has 1 aliphatic heterocycles. The van der Waals surface area contributed by atoms with Gasteiger partial charge in [0, 0.05) is 41.5 Å². The van der Waals surface area contributed by atoms with Crippen LogP contribution in [0.3, 0.4) is 0 Å². The third-order valence-electron chi connectivity index (χ3n) is 4.14. The summed E-state index contributed by atoms with van der Waals surface area (Å²) in [6.45, 7) is 1.77. The molecule has 6 nitrogen and oxygen atoms in total. The van der Waals surface area contributed by atoms with Crippen LogP contribution in [0.15, 0.2) is 40.9 Å². The number of hydrogen-bond donors (Lipinski definition) is 1. The Hall–Kier alpha value is -2.34. The summed E-state index contributed by atoms with van der Waals surface area (Å²) in [7, 11) is 0. The van der Waals surface area contributed by atoms with Crippen LogP contribution in [0.5, 0.6) is 0 Å². The highest BCUT2D eigenvalue weighted by Crippen LogP contribution is 2.30. The molecule has 1 fully saturated rings. The monoisotopic (exact) mass is 329 g/mol. The van der Waals surface area contributed by atoms with Crippen molar-refractivity contribution in [2.75, 3.05) is 18.0 Å². The topological polar surface area (TPSA) is 70.8 Å². The zero-order valence-corrected chi connectivity index (χ0v) is 13.2. The summed E-state index contributed by atoms with van der Waals surface area (Å²) >= 11 is 6.02. The minimum atomic E-state index is 0.410. The van der Waals surface area contributed by atoms with Gasteiger partial charge < -0.3 is 9.32 Å². The summed E-state index contributed by atoms with van der Waals surface area (Å²) in [6.07, 6.45) is 4.00. The Bertz CT molecular complexity index is 785. The van der Waals surface area contributed by atoms with E-state index in [1.54, 1.807) is 6.20 Å². The maximum Gasteiger partial charge on any atom is 0.318 e. The number of benzene rings is 1. The zero-order valence-electron chi connectivity index (χ0n) is 12.4. The van der Waals surface area contributed by atoms with Crippen molar-refractivity contribution in [3.8, 4) is 11.5 Å². The molecule has 0 aliphatic carbocycles. The van der Waals surface area contributed by atoms with Crippen molar-refractivity contribution in [1.29, 1.82) is 0 Å². The van der Waals surface area contributed by atoms with Crippen molar-refractivity contribution in [2.24, 2.45) is 0 Å². The Kier molecular flexibility index (Phi) is 3.75. The second-order valence-corrected chi connectivity index (χ2v) is 6.13. The van der Waals surface area contributed by atoms with Crippen molar-refractivity contribution in [3.05, 3.63) is 47.2 Å². The van der Waals surface area contributed by atoms with E-state index in [4.69, 9.17) is 16.0 Å². The van der Waals surface area contributed by atoms with E-state index in [9.17, 15) is 0 Å². The van der Waals surface area contributed by atoms with Gasteiger partial charge in [-0.1, -0.05) is 22.8 Å². The molecule has 1 unspecified atom stereocenters. The van der Waals surface area contributed by atoms with Crippen molar-refractivity contribution < 1.29 is 4.42 Å². The third-order valence-corrected chi connectivity index (χ3v) is 4.38. The van der Waals surface area contributed by atoms with E-state index in [0.29, 0.717) is 22.8 Å². The number of nitrogens with zero attached hydrogens (tertiary/aromatic N) is 4. The van der Waals surface area contributed by atoms with Gasteiger partial charge in [0.05, 0.1) is 0 Å². The molecular formula is C16H16ClN5O. The normalized spacial score (nSPS) is 18.3. The number of halogens is 1. The highest BCUT2D eigenvalue weighted by Gasteiger charge is 2.25. The lowest BCUT2D eigenvalue weighted by Crippen LogP contribution is -2.34. The molecule has 1 N–H and O–H groups in total. The van der Waals surface area contributed by atoms with Gasteiger partial charge in [0.25, 0.3) is 0 Å². The lowest BCUT2D eigenvalue weighted by atomic mass is 9.95. The van der Waals surface area contributed by atoms with Crippen LogP contribution in [0.2, 0.25) is 5.02 Å². The van der Waals surface area contributed by atoms with Crippen LogP contribution in [0, 0.1) is 0 Å². The Morgan fingerprint density at radius 2 is 2.22 bits per heavy atom. The Morgan fingerprint density at radius 1 is 1.26 bits per heavy atom. The standard InChI is InChI=1S/C16H16ClN5O/c17-13-5-1-3-11(9-13)15-20-21-16(23-15)22-8-2-4-12(10-22)14-6-7-18-19-14/h1,3,5-7,9,12H,2,4,8,10H2,(H,18,19). The molecule has 0 bridgehead atoms. The predicted molar refractivity (Wildman–Crippen MR) is 87.5 cm³/mol. The number of aromatic nitrogens is 4. The smallest absolute Gasteiger partial charge is 0.318 e. The van der Waals surface area contributed by atoms with E-state index in [0.717, 1.165) is 37.2 Å². The van der Waals surface area contributed by atoms with Crippen LogP contribution in [-0.2, 0) is 0 Å². The van der Waals surface area contributed by atoms with Crippen LogP contribution >= 0.6 is 11.6 Å². The summed E-state index contributed by atoms with van der Waals surface area (Å²) in [4.78, 5) is 2.13. The number of aromatic amines is 1. The fraction of sp³-hybridized carbons (Fsp3) is 0.312. The molecular weight excluding hydrogens is 314 g/mol. The van der Waals surface area contributed by atoms with E-state index in [1.807, 2.05) is 30.3 Å². The first-order chi connectivity index (χ1) is 11.3. The summed E-state index contributed by atoms with van der Waals surface area (Å²) < 4.78 is 5.85. The van der Waals surface area contributed by atoms with Crippen molar-refractivity contribution in [2.45, 2.75) is 18.8 Å². The number of hydrogen-bond acceptors (Lipinski definition) is 5. The number of H-pyrrole nitrogens is 1. The Labute approximate surface area is 138 Å². The summed E-state index contributed by atoms with van der Waals surface area (Å²) in [5.74, 6) is 0.902. The average Bonchev–Trinajstić information content (AvgIpc) is 3.27. The van der Waals surface area contributed by atoms with Gasteiger partial charge in [-0.15, -0.1) is 5.10 Å². The molecule has 118 valence electrons. The molecule has 1 aliphatic rings. The molecule has 3 aromatic rings. The quantitative estimate of drug-likeness (QED) is 0.796. The van der Waals surface area contributed by atoms with Gasteiger partial charge in [-0.2, -0.15) is 5.10 Å². The molecule has 0 amide bonds. The number of nitrogens with one attached hydrogen (secondary N) is 1. The van der Waals surface area contributed by atoms with Crippen LogP contribution in [-0.4, -0.2) is 33.5 Å². The molecule has 1 saturated heterocycles. The molecule has 1 atom stereocenters. The highest BCUT2D eigenvalue weighted by atomic mass is 35.5. The molecule has 4 rings (SSSR count). The minimum absolute atomic E-state index is 0.410. The van der Waals surface area contributed by atoms with Crippen LogP contribution in [0.1, 0.15) is 24.5 Å². The van der Waals surface area contributed by atoms with E-state index in [1.165, 1.54) is 0 Å². The average molecular weight is 330 g/mol. The van der Waals surface area contributed by atoms with E-state index >= 15 is 0 Å². The van der Waals surface area contributed by atoms with Crippen LogP contribution < -0.4 is 4.90 Å². The molecule has 23 heavy (non-hydrogen) atoms. The lowest BCUT2D eigenvalue weighted by molar-refractivity contribution is 0.457. The number of anilines is 1. The van der Waals surface area contributed by atoms with E-state index < -0.39 is 0 Å². The van der Waals surface area contributed by atoms with Crippen LogP contribution in [0.4, 0.5) is 6.01 Å². The van der Waals surface area contributed by atoms with Gasteiger partial charge in [0.1, 0.15) is 0 Å². The molecule has 7 heteroatoms. The fourth-order valence-corrected chi connectivity index (χ4v) is 3.17. The predicted octanol–water partition coefficient (Wildman–Crippen LogP) is 3.50. The maximum absolute atomic E-state index is 6.02. The molecule has 3 heterocycles. The van der Waals surface area contributed by atoms with Gasteiger partial charge in [0.2, 0.25) is 5.89 Å². The van der Waals surface area contributed by atoms with Gasteiger partial charge >= 0.3 is 6.01 Å². The Morgan fingerprint density at radius 3 is 3.04 bits per heavy atom. The summed E-state index contributed by atoms with van der Waals surface area (Å²) in [6, 6.07) is 10.0. The number of piperidine rings is 1. The van der Waals surface area contributed by atoms with Crippen molar-refractivity contribution in [3.63, 3.8) is 0 Å². The molecule has 2 aromatic heterocycles. The summed E-state index contributed by atoms with van der Waals surface area (Å²) in [5.41, 5.74) is 1.99. The first-order valence-corrected chi connectivity index (χ1v) is 8.01. The first-order valence-electron chi connectivity index (χ1n) is 7.63. The van der Waals surface area contributed by atoms with Gasteiger partial charge in [-0.25, -0.2) is 0 Å². The third kappa shape index (κ3) is 2.94. The Balaban J connectivity index is 1.54. The molecule has 0 saturated carbocycles. The lowest BCUT2D eigenvalue weighted by Gasteiger charge is -2.30. The van der Waals surface area contributed by atoms with Gasteiger partial charge in [0.15, 0.2) is 0 Å². The summed E-state index contributed by atoms with van der Waals surface area (Å²) in [5, 5.41) is 16.1. The highest BCUT2D eigenvalue weighted by molar-refractivity contribution is 6.30. The number of rotatable bonds is 3. The fourth-order valence-electron chi connectivity index (χ4n) is 2.98. The van der Waals surface area contributed by atoms with Crippen molar-refractivity contribution in [1.82, 2.24) is 20.4 Å². The SMILES string of the molecule is Clc1cccc(-c2nnc(N3CCCC(c4ccn[nH]4)C3)o2)c1. The minimum Gasteiger partial charge on any atom is -0.403 e. The molecule has 0 radical (unpaired) electrons. The second kappa shape index (κ2) is 6.04. The maximum atomic E-state index is 6.02. The van der Waals surface area contributed by atoms with E-state index in [2.05, 4.69) is 25.3 Å². The largest absolute Gasteiger partial charge is 0.403 e. The van der Waals surface area contributed by atoms with E-state index in [-0.39, 0.29) is 0 Å². The molecule has 1 aromatic carbocycles. The van der Waals surface area contributed by atoms with Gasteiger partial charge in [-0.05, 0) is 37.1 Å². The van der Waals surface area contributed by atoms with Crippen molar-refractivity contribution >= 4 is 17.6 Å². The van der Waals surface area contributed by atoms with Gasteiger partial charge in [-0.3, -0.25) is 5.10 Å². The molecule has 0 spiro atoms. The zero-order chi connectivity index (χ0) is 15.6. The first kappa shape index (κ1) is 14.3. The second-order valence-electron chi connectivity index (χ2n) is 5.70. The van der Waals surface area contributed by atoms with Crippen LogP contribution in [0.25, 0.3) is 11.5 Å².